The molecule has 0 saturated carbocycles. The number of carbonyl (C=O) groups excluding carboxylic acids is 4. The van der Waals surface area contributed by atoms with Gasteiger partial charge in [0.1, 0.15) is 6.04 Å². The van der Waals surface area contributed by atoms with Gasteiger partial charge in [0.15, 0.2) is 0 Å². The van der Waals surface area contributed by atoms with Crippen LogP contribution >= 0.6 is 0 Å². The van der Waals surface area contributed by atoms with E-state index in [-0.39, 0.29) is 30.0 Å². The third-order valence-electron chi connectivity index (χ3n) is 8.03. The van der Waals surface area contributed by atoms with Crippen molar-refractivity contribution in [3.05, 3.63) is 107 Å². The number of carbonyl (C=O) groups is 4. The van der Waals surface area contributed by atoms with Crippen LogP contribution < -0.4 is 5.32 Å². The molecule has 2 aromatic rings. The first-order valence-corrected chi connectivity index (χ1v) is 13.6. The Morgan fingerprint density at radius 3 is 2.55 bits per heavy atom. The normalized spacial score (nSPS) is 25.6. The molecule has 2 saturated heterocycles. The minimum absolute atomic E-state index is 0.0576. The van der Waals surface area contributed by atoms with E-state index in [2.05, 4.69) is 28.9 Å². The Bertz CT molecular complexity index is 1430. The molecule has 8 nitrogen and oxygen atoms in total. The average Bonchev–Trinajstić information content (AvgIpc) is 3.19. The summed E-state index contributed by atoms with van der Waals surface area (Å²) in [5.41, 5.74) is 1.68. The molecule has 2 N–H and O–H groups in total. The van der Waals surface area contributed by atoms with Crippen molar-refractivity contribution in [3.8, 4) is 0 Å². The summed E-state index contributed by atoms with van der Waals surface area (Å²) in [4.78, 5) is 53.7. The number of likely N-dealkylation sites (tertiary alicyclic amines) is 1. The van der Waals surface area contributed by atoms with Gasteiger partial charge in [-0.1, -0.05) is 67.3 Å². The van der Waals surface area contributed by atoms with Crippen LogP contribution in [0.1, 0.15) is 64.4 Å². The summed E-state index contributed by atoms with van der Waals surface area (Å²) in [7, 11) is 0. The molecule has 206 valence electrons. The summed E-state index contributed by atoms with van der Waals surface area (Å²) in [6, 6.07) is 13.8. The van der Waals surface area contributed by atoms with Gasteiger partial charge >= 0.3 is 0 Å². The van der Waals surface area contributed by atoms with E-state index in [0.29, 0.717) is 31.5 Å². The number of hydrogen-bond donors (Lipinski definition) is 2. The fourth-order valence-electron chi connectivity index (χ4n) is 5.83. The summed E-state index contributed by atoms with van der Waals surface area (Å²) < 4.78 is 0. The Morgan fingerprint density at radius 1 is 1.07 bits per heavy atom. The van der Waals surface area contributed by atoms with E-state index in [9.17, 15) is 24.3 Å². The predicted molar refractivity (Wildman–Crippen MR) is 150 cm³/mol. The molecule has 2 unspecified atom stereocenters. The monoisotopic (exact) mass is 539 g/mol. The number of allylic oxidation sites excluding steroid dienone is 3. The van der Waals surface area contributed by atoms with Crippen molar-refractivity contribution in [1.29, 1.82) is 0 Å². The number of nitrogens with zero attached hydrogens (tertiary/aromatic N) is 2. The van der Waals surface area contributed by atoms with Gasteiger partial charge in [-0.25, -0.2) is 0 Å². The molecule has 0 radical (unpaired) electrons. The second-order valence-electron chi connectivity index (χ2n) is 10.6. The summed E-state index contributed by atoms with van der Waals surface area (Å²) in [5, 5.41) is 14.2. The highest BCUT2D eigenvalue weighted by molar-refractivity contribution is 6.23. The fraction of sp³-hybridized carbons (Fsp3) is 0.312. The van der Waals surface area contributed by atoms with Gasteiger partial charge in [-0.05, 0) is 48.6 Å². The molecule has 3 atom stereocenters. The summed E-state index contributed by atoms with van der Waals surface area (Å²) in [5.74, 6) is -2.22. The number of nitrogens with one attached hydrogen (secondary N) is 1. The van der Waals surface area contributed by atoms with Crippen molar-refractivity contribution in [2.75, 3.05) is 6.54 Å². The Hall–Kier alpha value is -4.14. The summed E-state index contributed by atoms with van der Waals surface area (Å²) in [6.45, 7) is 7.56. The molecule has 3 heterocycles. The lowest BCUT2D eigenvalue weighted by atomic mass is 9.78. The molecule has 0 aromatic heterocycles. The van der Waals surface area contributed by atoms with Crippen LogP contribution in [0.5, 0.6) is 0 Å². The number of benzene rings is 2. The van der Waals surface area contributed by atoms with E-state index in [4.69, 9.17) is 0 Å². The van der Waals surface area contributed by atoms with Gasteiger partial charge in [0.05, 0.1) is 16.7 Å². The number of amides is 4. The quantitative estimate of drug-likeness (QED) is 0.411. The highest BCUT2D eigenvalue weighted by Crippen LogP contribution is 2.40. The largest absolute Gasteiger partial charge is 0.385 e. The number of rotatable bonds is 7. The van der Waals surface area contributed by atoms with E-state index < -0.39 is 35.3 Å². The van der Waals surface area contributed by atoms with E-state index in [0.717, 1.165) is 10.5 Å². The van der Waals surface area contributed by atoms with Crippen LogP contribution in [0.3, 0.4) is 0 Å². The lowest BCUT2D eigenvalue weighted by molar-refractivity contribution is -0.136. The minimum Gasteiger partial charge on any atom is -0.385 e. The van der Waals surface area contributed by atoms with Crippen molar-refractivity contribution < 1.29 is 24.3 Å². The lowest BCUT2D eigenvalue weighted by Gasteiger charge is -2.45. The molecule has 0 spiro atoms. The van der Waals surface area contributed by atoms with Crippen molar-refractivity contribution in [2.45, 2.75) is 56.8 Å². The van der Waals surface area contributed by atoms with Crippen LogP contribution in [0.4, 0.5) is 0 Å². The van der Waals surface area contributed by atoms with E-state index in [1.165, 1.54) is 5.56 Å². The van der Waals surface area contributed by atoms with Crippen molar-refractivity contribution >= 4 is 23.6 Å². The van der Waals surface area contributed by atoms with Crippen LogP contribution in [0, 0.1) is 0 Å². The highest BCUT2D eigenvalue weighted by atomic mass is 16.3. The molecular weight excluding hydrogens is 506 g/mol. The van der Waals surface area contributed by atoms with Gasteiger partial charge in [0.25, 0.3) is 11.8 Å². The first-order valence-electron chi connectivity index (χ1n) is 13.6. The molecule has 3 aliphatic heterocycles. The van der Waals surface area contributed by atoms with E-state index in [1.807, 2.05) is 49.4 Å². The van der Waals surface area contributed by atoms with E-state index in [1.54, 1.807) is 18.2 Å². The number of imide groups is 2. The van der Waals surface area contributed by atoms with Gasteiger partial charge in [-0.15, -0.1) is 0 Å². The number of hydrogen-bond acceptors (Lipinski definition) is 6. The smallest absolute Gasteiger partial charge is 0.262 e. The SMILES string of the molecule is C=C(/C=C\C=C/C)[C@@H]1CC(O)(c2ccc3c(c2)C(=O)N(C2CCC(=O)NC2=O)C3=O)CCN1Cc1ccccc1. The maximum absolute atomic E-state index is 13.4. The Balaban J connectivity index is 1.42. The Morgan fingerprint density at radius 2 is 1.82 bits per heavy atom. The third kappa shape index (κ3) is 5.20. The molecule has 0 bridgehead atoms. The predicted octanol–water partition coefficient (Wildman–Crippen LogP) is 3.63. The van der Waals surface area contributed by atoms with Crippen LogP contribution in [-0.4, -0.2) is 57.2 Å². The van der Waals surface area contributed by atoms with Crippen LogP contribution in [-0.2, 0) is 21.7 Å². The zero-order valence-corrected chi connectivity index (χ0v) is 22.5. The van der Waals surface area contributed by atoms with Gasteiger partial charge in [-0.3, -0.25) is 34.3 Å². The van der Waals surface area contributed by atoms with Crippen LogP contribution in [0.2, 0.25) is 0 Å². The van der Waals surface area contributed by atoms with Gasteiger partial charge in [0, 0.05) is 32.0 Å². The maximum atomic E-state index is 13.4. The molecule has 2 fully saturated rings. The lowest BCUT2D eigenvalue weighted by Crippen LogP contribution is -2.54. The molecule has 4 amide bonds. The molecule has 3 aliphatic rings. The zero-order valence-electron chi connectivity index (χ0n) is 22.5. The second kappa shape index (κ2) is 11.2. The summed E-state index contributed by atoms with van der Waals surface area (Å²) in [6.07, 6.45) is 8.69. The fourth-order valence-corrected chi connectivity index (χ4v) is 5.83. The standard InChI is InChI=1S/C32H33N3O5/c1-3-4-6-9-21(2)27-19-32(40,16-17-34(27)20-22-10-7-5-8-11-22)23-12-13-24-25(18-23)31(39)35(30(24)38)26-14-15-28(36)33-29(26)37/h3-13,18,26-27,40H,2,14-17,19-20H2,1H3,(H,33,36,37)/b4-3-,9-6-/t26?,27-,32?/m0/s1. The molecular formula is C32H33N3O5. The number of fused-ring (bicyclic) bond motifs is 1. The van der Waals surface area contributed by atoms with Crippen molar-refractivity contribution in [3.63, 3.8) is 0 Å². The molecule has 2 aromatic carbocycles. The van der Waals surface area contributed by atoms with Crippen LogP contribution in [0.15, 0.2) is 85.0 Å². The zero-order chi connectivity index (χ0) is 28.4. The molecule has 40 heavy (non-hydrogen) atoms. The number of aliphatic hydroxyl groups is 1. The van der Waals surface area contributed by atoms with Crippen molar-refractivity contribution in [2.24, 2.45) is 0 Å². The topological polar surface area (TPSA) is 107 Å². The molecule has 5 rings (SSSR count). The third-order valence-corrected chi connectivity index (χ3v) is 8.03. The minimum atomic E-state index is -1.25. The Labute approximate surface area is 233 Å². The first-order chi connectivity index (χ1) is 19.2. The maximum Gasteiger partial charge on any atom is 0.262 e. The molecule has 8 heteroatoms. The summed E-state index contributed by atoms with van der Waals surface area (Å²) >= 11 is 0. The average molecular weight is 540 g/mol. The highest BCUT2D eigenvalue weighted by Gasteiger charge is 2.46. The van der Waals surface area contributed by atoms with Crippen LogP contribution in [0.25, 0.3) is 0 Å². The van der Waals surface area contributed by atoms with Gasteiger partial charge in [0.2, 0.25) is 11.8 Å². The van der Waals surface area contributed by atoms with Gasteiger partial charge in [-0.2, -0.15) is 0 Å². The molecule has 0 aliphatic carbocycles. The number of piperidine rings is 2. The Kier molecular flexibility index (Phi) is 7.65. The van der Waals surface area contributed by atoms with Crippen molar-refractivity contribution in [1.82, 2.24) is 15.1 Å². The first kappa shape index (κ1) is 27.4. The van der Waals surface area contributed by atoms with E-state index >= 15 is 0 Å². The van der Waals surface area contributed by atoms with Gasteiger partial charge < -0.3 is 5.11 Å². The second-order valence-corrected chi connectivity index (χ2v) is 10.6.